The molecule has 0 aromatic carbocycles. The number of unbranched alkanes of at least 4 members (excludes halogenated alkanes) is 1. The highest BCUT2D eigenvalue weighted by Crippen LogP contribution is 2.31. The maximum Gasteiger partial charge on any atom is 0.218 e. The molecule has 0 fully saturated rings. The van der Waals surface area contributed by atoms with Crippen molar-refractivity contribution in [1.82, 2.24) is 4.57 Å². The highest BCUT2D eigenvalue weighted by atomic mass is 16.5. The van der Waals surface area contributed by atoms with Crippen molar-refractivity contribution in [3.8, 4) is 11.9 Å². The van der Waals surface area contributed by atoms with E-state index in [9.17, 15) is 0 Å². The third kappa shape index (κ3) is 2.94. The monoisotopic (exact) mass is 235 g/mol. The number of nitrogens with zero attached hydrogens (tertiary/aromatic N) is 2. The molecule has 1 atom stereocenters. The molecule has 0 amide bonds. The average molecular weight is 235 g/mol. The summed E-state index contributed by atoms with van der Waals surface area (Å²) in [6, 6.07) is 4.07. The second-order valence-electron chi connectivity index (χ2n) is 4.23. The number of hydrogen-bond acceptors (Lipinski definition) is 3. The maximum atomic E-state index is 9.09. The lowest BCUT2D eigenvalue weighted by atomic mass is 10.2. The molecule has 0 aliphatic heterocycles. The Balaban J connectivity index is 3.01. The SMILES string of the molecule is CCCCOc1c(N)cc(C#N)n1[C@H](C)CC. The average Bonchev–Trinajstić information content (AvgIpc) is 2.65. The molecular weight excluding hydrogens is 214 g/mol. The zero-order valence-electron chi connectivity index (χ0n) is 10.9. The van der Waals surface area contributed by atoms with E-state index < -0.39 is 0 Å². The maximum absolute atomic E-state index is 9.09. The Bertz CT molecular complexity index is 404. The first kappa shape index (κ1) is 13.4. The van der Waals surface area contributed by atoms with Gasteiger partial charge in [-0.2, -0.15) is 5.26 Å². The fourth-order valence-corrected chi connectivity index (χ4v) is 1.70. The highest BCUT2D eigenvalue weighted by molar-refractivity contribution is 5.55. The summed E-state index contributed by atoms with van der Waals surface area (Å²) >= 11 is 0. The Labute approximate surface area is 103 Å². The largest absolute Gasteiger partial charge is 0.477 e. The van der Waals surface area contributed by atoms with E-state index in [1.165, 1.54) is 0 Å². The van der Waals surface area contributed by atoms with Crippen molar-refractivity contribution in [3.05, 3.63) is 11.8 Å². The fraction of sp³-hybridized carbons (Fsp3) is 0.615. The first-order valence-corrected chi connectivity index (χ1v) is 6.19. The lowest BCUT2D eigenvalue weighted by molar-refractivity contribution is 0.275. The number of rotatable bonds is 6. The van der Waals surface area contributed by atoms with Crippen LogP contribution in [0.25, 0.3) is 0 Å². The van der Waals surface area contributed by atoms with Crippen molar-refractivity contribution in [2.75, 3.05) is 12.3 Å². The first-order chi connectivity index (χ1) is 8.15. The number of anilines is 1. The van der Waals surface area contributed by atoms with Gasteiger partial charge in [-0.05, 0) is 19.8 Å². The summed E-state index contributed by atoms with van der Waals surface area (Å²) in [5.74, 6) is 0.643. The molecular formula is C13H21N3O. The van der Waals surface area contributed by atoms with Crippen molar-refractivity contribution >= 4 is 5.69 Å². The number of hydrogen-bond donors (Lipinski definition) is 1. The van der Waals surface area contributed by atoms with Crippen LogP contribution in [-0.4, -0.2) is 11.2 Å². The van der Waals surface area contributed by atoms with Gasteiger partial charge >= 0.3 is 0 Å². The Hall–Kier alpha value is -1.63. The van der Waals surface area contributed by atoms with E-state index in [0.717, 1.165) is 19.3 Å². The molecule has 0 aliphatic carbocycles. The molecule has 0 saturated carbocycles. The quantitative estimate of drug-likeness (QED) is 0.770. The van der Waals surface area contributed by atoms with Crippen LogP contribution in [0.1, 0.15) is 51.8 Å². The predicted octanol–water partition coefficient (Wildman–Crippen LogP) is 3.09. The van der Waals surface area contributed by atoms with Gasteiger partial charge < -0.3 is 10.5 Å². The van der Waals surface area contributed by atoms with Gasteiger partial charge in [-0.15, -0.1) is 0 Å². The van der Waals surface area contributed by atoms with Crippen LogP contribution in [0.3, 0.4) is 0 Å². The van der Waals surface area contributed by atoms with Gasteiger partial charge in [0.1, 0.15) is 11.8 Å². The lowest BCUT2D eigenvalue weighted by Gasteiger charge is -2.17. The summed E-state index contributed by atoms with van der Waals surface area (Å²) in [5, 5.41) is 9.09. The van der Waals surface area contributed by atoms with Crippen LogP contribution >= 0.6 is 0 Å². The zero-order chi connectivity index (χ0) is 12.8. The molecule has 4 heteroatoms. The molecule has 0 radical (unpaired) electrons. The van der Waals surface area contributed by atoms with Crippen LogP contribution in [0.15, 0.2) is 6.07 Å². The van der Waals surface area contributed by atoms with E-state index in [1.807, 2.05) is 4.57 Å². The standard InChI is InChI=1S/C13H21N3O/c1-4-6-7-17-13-12(15)8-11(9-14)16(13)10(3)5-2/h8,10H,4-7,15H2,1-3H3/t10-/m1/s1. The van der Waals surface area contributed by atoms with Crippen molar-refractivity contribution < 1.29 is 4.74 Å². The molecule has 0 spiro atoms. The minimum Gasteiger partial charge on any atom is -0.477 e. The summed E-state index contributed by atoms with van der Waals surface area (Å²) in [6.45, 7) is 6.90. The van der Waals surface area contributed by atoms with Gasteiger partial charge in [-0.25, -0.2) is 0 Å². The molecule has 0 unspecified atom stereocenters. The van der Waals surface area contributed by atoms with E-state index in [0.29, 0.717) is 23.9 Å². The molecule has 1 aromatic rings. The predicted molar refractivity (Wildman–Crippen MR) is 69.0 cm³/mol. The minimum absolute atomic E-state index is 0.221. The Morgan fingerprint density at radius 1 is 1.53 bits per heavy atom. The third-order valence-electron chi connectivity index (χ3n) is 2.90. The van der Waals surface area contributed by atoms with Crippen LogP contribution in [0.4, 0.5) is 5.69 Å². The van der Waals surface area contributed by atoms with E-state index in [4.69, 9.17) is 15.7 Å². The molecule has 17 heavy (non-hydrogen) atoms. The van der Waals surface area contributed by atoms with Gasteiger partial charge in [0.15, 0.2) is 0 Å². The van der Waals surface area contributed by atoms with E-state index in [1.54, 1.807) is 6.07 Å². The summed E-state index contributed by atoms with van der Waals surface area (Å²) < 4.78 is 7.59. The van der Waals surface area contributed by atoms with E-state index in [-0.39, 0.29) is 6.04 Å². The van der Waals surface area contributed by atoms with Crippen LogP contribution in [0.5, 0.6) is 5.88 Å². The summed E-state index contributed by atoms with van der Waals surface area (Å²) in [6.07, 6.45) is 3.01. The van der Waals surface area contributed by atoms with Gasteiger partial charge in [0, 0.05) is 12.1 Å². The Morgan fingerprint density at radius 2 is 2.24 bits per heavy atom. The van der Waals surface area contributed by atoms with Gasteiger partial charge in [-0.1, -0.05) is 20.3 Å². The molecule has 0 saturated heterocycles. The normalized spacial score (nSPS) is 12.1. The molecule has 0 aliphatic rings. The molecule has 1 aromatic heterocycles. The second kappa shape index (κ2) is 6.19. The first-order valence-electron chi connectivity index (χ1n) is 6.19. The molecule has 2 N–H and O–H groups in total. The van der Waals surface area contributed by atoms with Crippen LogP contribution in [-0.2, 0) is 0 Å². The Morgan fingerprint density at radius 3 is 2.76 bits per heavy atom. The summed E-state index contributed by atoms with van der Waals surface area (Å²) in [5.41, 5.74) is 7.02. The van der Waals surface area contributed by atoms with Crippen LogP contribution in [0.2, 0.25) is 0 Å². The molecule has 4 nitrogen and oxygen atoms in total. The molecule has 0 bridgehead atoms. The third-order valence-corrected chi connectivity index (χ3v) is 2.90. The number of nitrogen functional groups attached to an aromatic ring is 1. The summed E-state index contributed by atoms with van der Waals surface area (Å²) in [7, 11) is 0. The lowest BCUT2D eigenvalue weighted by Crippen LogP contribution is -2.10. The van der Waals surface area contributed by atoms with Crippen LogP contribution < -0.4 is 10.5 Å². The van der Waals surface area contributed by atoms with Crippen molar-refractivity contribution in [1.29, 1.82) is 5.26 Å². The van der Waals surface area contributed by atoms with E-state index in [2.05, 4.69) is 26.8 Å². The van der Waals surface area contributed by atoms with Crippen LogP contribution in [0, 0.1) is 11.3 Å². The van der Waals surface area contributed by atoms with Gasteiger partial charge in [0.25, 0.3) is 0 Å². The van der Waals surface area contributed by atoms with Crippen molar-refractivity contribution in [3.63, 3.8) is 0 Å². The molecule has 94 valence electrons. The molecule has 1 rings (SSSR count). The second-order valence-corrected chi connectivity index (χ2v) is 4.23. The number of nitrogens with two attached hydrogens (primary N) is 1. The number of ether oxygens (including phenoxy) is 1. The molecule has 1 heterocycles. The number of aromatic nitrogens is 1. The zero-order valence-corrected chi connectivity index (χ0v) is 10.9. The van der Waals surface area contributed by atoms with Crippen molar-refractivity contribution in [2.24, 2.45) is 0 Å². The highest BCUT2D eigenvalue weighted by Gasteiger charge is 2.17. The van der Waals surface area contributed by atoms with Gasteiger partial charge in [0.2, 0.25) is 5.88 Å². The Kier molecular flexibility index (Phi) is 4.89. The topological polar surface area (TPSA) is 64.0 Å². The van der Waals surface area contributed by atoms with Gasteiger partial charge in [-0.3, -0.25) is 4.57 Å². The fourth-order valence-electron chi connectivity index (χ4n) is 1.70. The van der Waals surface area contributed by atoms with Crippen molar-refractivity contribution in [2.45, 2.75) is 46.1 Å². The number of nitriles is 1. The van der Waals surface area contributed by atoms with Gasteiger partial charge in [0.05, 0.1) is 12.3 Å². The van der Waals surface area contributed by atoms with E-state index >= 15 is 0 Å². The summed E-state index contributed by atoms with van der Waals surface area (Å²) in [4.78, 5) is 0. The minimum atomic E-state index is 0.221. The smallest absolute Gasteiger partial charge is 0.218 e.